The second-order valence-corrected chi connectivity index (χ2v) is 10.6. The van der Waals surface area contributed by atoms with E-state index in [-0.39, 0.29) is 28.9 Å². The standard InChI is InChI=1S/C25H30N4O6S/c1-5-34-25(31)29-13-12-20(15(2)14-29)28-36(32,33)22-11-10-21(18-8-6-7-9-19(18)22)26-24(30)23-16(3)27-35-17(23)4/h6-11,15,20,28H,5,12-14H2,1-4H3,(H,26,30)/t15-,20?/m1/s1. The summed E-state index contributed by atoms with van der Waals surface area (Å²) in [6.45, 7) is 8.10. The lowest BCUT2D eigenvalue weighted by Crippen LogP contribution is -2.51. The molecule has 3 aromatic rings. The number of benzene rings is 2. The van der Waals surface area contributed by atoms with Crippen molar-refractivity contribution in [3.8, 4) is 0 Å². The van der Waals surface area contributed by atoms with E-state index in [2.05, 4.69) is 15.2 Å². The number of carbonyl (C=O) groups excluding carboxylic acids is 2. The van der Waals surface area contributed by atoms with Crippen LogP contribution in [-0.4, -0.2) is 56.2 Å². The maximum Gasteiger partial charge on any atom is 0.409 e. The van der Waals surface area contributed by atoms with E-state index in [0.29, 0.717) is 59.6 Å². The Morgan fingerprint density at radius 2 is 1.89 bits per heavy atom. The van der Waals surface area contributed by atoms with E-state index < -0.39 is 10.0 Å². The van der Waals surface area contributed by atoms with Gasteiger partial charge in [-0.15, -0.1) is 0 Å². The molecule has 11 heteroatoms. The maximum absolute atomic E-state index is 13.5. The number of likely N-dealkylation sites (tertiary alicyclic amines) is 1. The Kier molecular flexibility index (Phi) is 7.32. The highest BCUT2D eigenvalue weighted by atomic mass is 32.2. The molecule has 2 atom stereocenters. The Hall–Kier alpha value is -3.44. The fourth-order valence-electron chi connectivity index (χ4n) is 4.57. The Balaban J connectivity index is 1.58. The average Bonchev–Trinajstić information content (AvgIpc) is 3.18. The predicted octanol–water partition coefficient (Wildman–Crippen LogP) is 3.84. The van der Waals surface area contributed by atoms with Gasteiger partial charge in [-0.3, -0.25) is 4.79 Å². The average molecular weight is 515 g/mol. The van der Waals surface area contributed by atoms with Gasteiger partial charge in [0.2, 0.25) is 10.0 Å². The van der Waals surface area contributed by atoms with E-state index in [1.807, 2.05) is 6.92 Å². The van der Waals surface area contributed by atoms with E-state index in [1.54, 1.807) is 56.0 Å². The summed E-state index contributed by atoms with van der Waals surface area (Å²) in [6, 6.07) is 9.75. The van der Waals surface area contributed by atoms with Gasteiger partial charge in [0.25, 0.3) is 5.91 Å². The fourth-order valence-corrected chi connectivity index (χ4v) is 6.16. The topological polar surface area (TPSA) is 131 Å². The Morgan fingerprint density at radius 3 is 2.53 bits per heavy atom. The largest absolute Gasteiger partial charge is 0.450 e. The summed E-state index contributed by atoms with van der Waals surface area (Å²) in [7, 11) is -3.89. The molecule has 0 spiro atoms. The molecule has 0 saturated carbocycles. The molecule has 0 bridgehead atoms. The molecule has 2 heterocycles. The summed E-state index contributed by atoms with van der Waals surface area (Å²) in [6.07, 6.45) is 0.0915. The van der Waals surface area contributed by atoms with Crippen molar-refractivity contribution in [1.29, 1.82) is 0 Å². The molecule has 4 rings (SSSR count). The molecule has 1 saturated heterocycles. The lowest BCUT2D eigenvalue weighted by atomic mass is 9.95. The summed E-state index contributed by atoms with van der Waals surface area (Å²) in [5, 5.41) is 7.75. The molecule has 192 valence electrons. The van der Waals surface area contributed by atoms with Crippen LogP contribution in [0.3, 0.4) is 0 Å². The number of carbonyl (C=O) groups is 2. The lowest BCUT2D eigenvalue weighted by Gasteiger charge is -2.36. The second-order valence-electron chi connectivity index (χ2n) is 8.95. The molecule has 0 radical (unpaired) electrons. The van der Waals surface area contributed by atoms with Crippen molar-refractivity contribution >= 4 is 38.5 Å². The van der Waals surface area contributed by atoms with Crippen molar-refractivity contribution in [2.45, 2.75) is 45.1 Å². The third-order valence-electron chi connectivity index (χ3n) is 6.42. The number of aryl methyl sites for hydroxylation is 2. The minimum Gasteiger partial charge on any atom is -0.450 e. The number of amides is 2. The van der Waals surface area contributed by atoms with Gasteiger partial charge in [0.15, 0.2) is 0 Å². The number of piperidine rings is 1. The molecule has 0 aliphatic carbocycles. The van der Waals surface area contributed by atoms with E-state index >= 15 is 0 Å². The van der Waals surface area contributed by atoms with Crippen LogP contribution in [0.4, 0.5) is 10.5 Å². The number of hydrogen-bond acceptors (Lipinski definition) is 7. The van der Waals surface area contributed by atoms with Gasteiger partial charge in [0.05, 0.1) is 17.2 Å². The zero-order valence-corrected chi connectivity index (χ0v) is 21.5. The number of rotatable bonds is 6. The smallest absolute Gasteiger partial charge is 0.409 e. The molecule has 1 unspecified atom stereocenters. The SMILES string of the molecule is CCOC(=O)N1CCC(NS(=O)(=O)c2ccc(NC(=O)c3c(C)noc3C)c3ccccc23)[C@H](C)C1. The molecular weight excluding hydrogens is 484 g/mol. The van der Waals surface area contributed by atoms with E-state index in [0.717, 1.165) is 0 Å². The van der Waals surface area contributed by atoms with Crippen LogP contribution in [0, 0.1) is 19.8 Å². The molecule has 1 aliphatic heterocycles. The quantitative estimate of drug-likeness (QED) is 0.511. The first-order chi connectivity index (χ1) is 17.1. The summed E-state index contributed by atoms with van der Waals surface area (Å²) >= 11 is 0. The molecule has 1 aliphatic rings. The van der Waals surface area contributed by atoms with Gasteiger partial charge in [-0.05, 0) is 45.2 Å². The van der Waals surface area contributed by atoms with Gasteiger partial charge in [-0.1, -0.05) is 36.3 Å². The normalized spacial score (nSPS) is 18.3. The minimum absolute atomic E-state index is 0.0993. The third kappa shape index (κ3) is 5.07. The van der Waals surface area contributed by atoms with Gasteiger partial charge >= 0.3 is 6.09 Å². The molecule has 2 aromatic carbocycles. The number of fused-ring (bicyclic) bond motifs is 1. The Bertz CT molecular complexity index is 1380. The first-order valence-corrected chi connectivity index (χ1v) is 13.3. The molecule has 10 nitrogen and oxygen atoms in total. The number of hydrogen-bond donors (Lipinski definition) is 2. The van der Waals surface area contributed by atoms with Crippen molar-refractivity contribution in [2.75, 3.05) is 25.0 Å². The first-order valence-electron chi connectivity index (χ1n) is 11.8. The summed E-state index contributed by atoms with van der Waals surface area (Å²) in [5.41, 5.74) is 1.30. The van der Waals surface area contributed by atoms with E-state index in [4.69, 9.17) is 9.26 Å². The van der Waals surface area contributed by atoms with Crippen molar-refractivity contribution in [3.63, 3.8) is 0 Å². The van der Waals surface area contributed by atoms with Gasteiger partial charge in [-0.25, -0.2) is 17.9 Å². The van der Waals surface area contributed by atoms with Gasteiger partial charge < -0.3 is 19.5 Å². The fraction of sp³-hybridized carbons (Fsp3) is 0.400. The van der Waals surface area contributed by atoms with Crippen LogP contribution in [0.1, 0.15) is 42.1 Å². The molecule has 2 N–H and O–H groups in total. The van der Waals surface area contributed by atoms with E-state index in [9.17, 15) is 18.0 Å². The van der Waals surface area contributed by atoms with Crippen LogP contribution in [0.5, 0.6) is 0 Å². The van der Waals surface area contributed by atoms with Crippen LogP contribution >= 0.6 is 0 Å². The molecule has 36 heavy (non-hydrogen) atoms. The first kappa shape index (κ1) is 25.6. The van der Waals surface area contributed by atoms with Gasteiger partial charge in [-0.2, -0.15) is 0 Å². The highest BCUT2D eigenvalue weighted by molar-refractivity contribution is 7.89. The van der Waals surface area contributed by atoms with E-state index in [1.165, 1.54) is 6.07 Å². The number of aromatic nitrogens is 1. The summed E-state index contributed by atoms with van der Waals surface area (Å²) in [4.78, 5) is 26.6. The number of ether oxygens (including phenoxy) is 1. The maximum atomic E-state index is 13.5. The van der Waals surface area contributed by atoms with Gasteiger partial charge in [0.1, 0.15) is 11.3 Å². The predicted molar refractivity (Wildman–Crippen MR) is 134 cm³/mol. The monoisotopic (exact) mass is 514 g/mol. The number of nitrogens with zero attached hydrogens (tertiary/aromatic N) is 2. The second kappa shape index (κ2) is 10.3. The van der Waals surface area contributed by atoms with Crippen LogP contribution in [0.2, 0.25) is 0 Å². The molecular formula is C25H30N4O6S. The zero-order valence-electron chi connectivity index (χ0n) is 20.7. The number of sulfonamides is 1. The number of anilines is 1. The van der Waals surface area contributed by atoms with Crippen LogP contribution in [-0.2, 0) is 14.8 Å². The highest BCUT2D eigenvalue weighted by Crippen LogP contribution is 2.31. The molecule has 1 fully saturated rings. The lowest BCUT2D eigenvalue weighted by molar-refractivity contribution is 0.0846. The van der Waals surface area contributed by atoms with Crippen molar-refractivity contribution in [2.24, 2.45) is 5.92 Å². The Labute approximate surface area is 210 Å². The zero-order chi connectivity index (χ0) is 26.0. The Morgan fingerprint density at radius 1 is 1.17 bits per heavy atom. The van der Waals surface area contributed by atoms with Crippen molar-refractivity contribution in [3.05, 3.63) is 53.4 Å². The summed E-state index contributed by atoms with van der Waals surface area (Å²) in [5.74, 6) is -0.0778. The molecule has 1 aromatic heterocycles. The van der Waals surface area contributed by atoms with Gasteiger partial charge in [0, 0.05) is 35.6 Å². The van der Waals surface area contributed by atoms with Crippen LogP contribution < -0.4 is 10.0 Å². The summed E-state index contributed by atoms with van der Waals surface area (Å²) < 4.78 is 39.9. The van der Waals surface area contributed by atoms with Crippen molar-refractivity contribution in [1.82, 2.24) is 14.8 Å². The number of nitrogens with one attached hydrogen (secondary N) is 2. The minimum atomic E-state index is -3.89. The highest BCUT2D eigenvalue weighted by Gasteiger charge is 2.33. The van der Waals surface area contributed by atoms with Crippen LogP contribution in [0.25, 0.3) is 10.8 Å². The third-order valence-corrected chi connectivity index (χ3v) is 7.97. The molecule has 2 amide bonds. The van der Waals surface area contributed by atoms with Crippen molar-refractivity contribution < 1.29 is 27.3 Å². The van der Waals surface area contributed by atoms with Crippen LogP contribution in [0.15, 0.2) is 45.8 Å².